The lowest BCUT2D eigenvalue weighted by molar-refractivity contribution is 0.228. The van der Waals surface area contributed by atoms with Crippen molar-refractivity contribution < 1.29 is 0 Å². The van der Waals surface area contributed by atoms with Crippen LogP contribution in [0, 0.1) is 17.3 Å². The first-order chi connectivity index (χ1) is 5.80. The Bertz CT molecular complexity index is 166. The highest BCUT2D eigenvalue weighted by molar-refractivity contribution is 6.18. The van der Waals surface area contributed by atoms with Gasteiger partial charge in [0, 0.05) is 5.88 Å². The summed E-state index contributed by atoms with van der Waals surface area (Å²) in [5.41, 5.74) is 0.737. The summed E-state index contributed by atoms with van der Waals surface area (Å²) in [4.78, 5) is 0. The van der Waals surface area contributed by atoms with Crippen LogP contribution in [0.2, 0.25) is 0 Å². The molecule has 0 nitrogen and oxygen atoms in total. The molecule has 0 saturated heterocycles. The number of halogens is 1. The van der Waals surface area contributed by atoms with Crippen molar-refractivity contribution in [1.82, 2.24) is 0 Å². The third-order valence-electron chi connectivity index (χ3n) is 4.10. The zero-order chi connectivity index (χ0) is 8.60. The van der Waals surface area contributed by atoms with Crippen LogP contribution in [0.5, 0.6) is 0 Å². The molecule has 2 rings (SSSR count). The highest BCUT2D eigenvalue weighted by atomic mass is 35.5. The Balaban J connectivity index is 1.92. The molecule has 2 fully saturated rings. The molecule has 0 N–H and O–H groups in total. The van der Waals surface area contributed by atoms with Crippen molar-refractivity contribution in [1.29, 1.82) is 0 Å². The standard InChI is InChI=1S/C11H19Cl/c1-2-9-4-3-5-11(6-9)7-10(11)8-12/h9-10H,2-8H2,1H3. The van der Waals surface area contributed by atoms with Crippen LogP contribution in [0.25, 0.3) is 0 Å². The molecule has 2 aliphatic carbocycles. The quantitative estimate of drug-likeness (QED) is 0.575. The lowest BCUT2D eigenvalue weighted by Gasteiger charge is -2.29. The SMILES string of the molecule is CCC1CCCC2(C1)CC2CCl. The van der Waals surface area contributed by atoms with Crippen molar-refractivity contribution in [3.63, 3.8) is 0 Å². The molecule has 1 heteroatoms. The number of hydrogen-bond donors (Lipinski definition) is 0. The van der Waals surface area contributed by atoms with Gasteiger partial charge in [-0.25, -0.2) is 0 Å². The summed E-state index contributed by atoms with van der Waals surface area (Å²) in [6.45, 7) is 2.34. The van der Waals surface area contributed by atoms with E-state index in [2.05, 4.69) is 6.92 Å². The van der Waals surface area contributed by atoms with Gasteiger partial charge in [-0.3, -0.25) is 0 Å². The summed E-state index contributed by atoms with van der Waals surface area (Å²) in [6.07, 6.45) is 8.73. The molecule has 12 heavy (non-hydrogen) atoms. The summed E-state index contributed by atoms with van der Waals surface area (Å²) in [6, 6.07) is 0. The van der Waals surface area contributed by atoms with E-state index >= 15 is 0 Å². The Morgan fingerprint density at radius 3 is 2.83 bits per heavy atom. The third-order valence-corrected chi connectivity index (χ3v) is 4.48. The van der Waals surface area contributed by atoms with Gasteiger partial charge in [-0.2, -0.15) is 0 Å². The van der Waals surface area contributed by atoms with Crippen LogP contribution in [0.3, 0.4) is 0 Å². The van der Waals surface area contributed by atoms with E-state index in [1.807, 2.05) is 0 Å². The first-order valence-corrected chi connectivity index (χ1v) is 5.90. The summed E-state index contributed by atoms with van der Waals surface area (Å²) >= 11 is 5.91. The predicted molar refractivity (Wildman–Crippen MR) is 53.5 cm³/mol. The van der Waals surface area contributed by atoms with E-state index in [1.54, 1.807) is 0 Å². The van der Waals surface area contributed by atoms with Gasteiger partial charge in [0.05, 0.1) is 0 Å². The number of hydrogen-bond acceptors (Lipinski definition) is 0. The first-order valence-electron chi connectivity index (χ1n) is 5.36. The van der Waals surface area contributed by atoms with Gasteiger partial charge < -0.3 is 0 Å². The molecule has 0 aliphatic heterocycles. The summed E-state index contributed by atoms with van der Waals surface area (Å²) in [5, 5.41) is 0. The second-order valence-corrected chi connectivity index (χ2v) is 5.10. The molecule has 2 aliphatic rings. The van der Waals surface area contributed by atoms with Gasteiger partial charge in [-0.1, -0.05) is 26.2 Å². The molecule has 0 bridgehead atoms. The monoisotopic (exact) mass is 186 g/mol. The average Bonchev–Trinajstić information content (AvgIpc) is 2.78. The van der Waals surface area contributed by atoms with E-state index in [1.165, 1.54) is 38.5 Å². The van der Waals surface area contributed by atoms with Crippen LogP contribution < -0.4 is 0 Å². The topological polar surface area (TPSA) is 0 Å². The average molecular weight is 187 g/mol. The van der Waals surface area contributed by atoms with Gasteiger partial charge in [-0.05, 0) is 36.5 Å². The lowest BCUT2D eigenvalue weighted by atomic mass is 9.77. The summed E-state index contributed by atoms with van der Waals surface area (Å²) in [5.74, 6) is 2.82. The molecule has 70 valence electrons. The molecule has 0 aromatic heterocycles. The van der Waals surface area contributed by atoms with Crippen molar-refractivity contribution >= 4 is 11.6 Å². The minimum atomic E-state index is 0.737. The maximum atomic E-state index is 5.91. The van der Waals surface area contributed by atoms with E-state index in [4.69, 9.17) is 11.6 Å². The van der Waals surface area contributed by atoms with Crippen LogP contribution in [0.1, 0.15) is 45.4 Å². The van der Waals surface area contributed by atoms with E-state index in [0.29, 0.717) is 0 Å². The fourth-order valence-corrected chi connectivity index (χ4v) is 3.51. The highest BCUT2D eigenvalue weighted by Crippen LogP contribution is 2.63. The van der Waals surface area contributed by atoms with Gasteiger partial charge in [-0.15, -0.1) is 11.6 Å². The van der Waals surface area contributed by atoms with E-state index in [-0.39, 0.29) is 0 Å². The lowest BCUT2D eigenvalue weighted by Crippen LogP contribution is -2.18. The van der Waals surface area contributed by atoms with Crippen LogP contribution in [-0.4, -0.2) is 5.88 Å². The third kappa shape index (κ3) is 1.39. The van der Waals surface area contributed by atoms with Gasteiger partial charge in [0.25, 0.3) is 0 Å². The molecule has 1 spiro atoms. The molecule has 3 atom stereocenters. The minimum absolute atomic E-state index is 0.737. The van der Waals surface area contributed by atoms with Gasteiger partial charge in [0.1, 0.15) is 0 Å². The van der Waals surface area contributed by atoms with Crippen LogP contribution >= 0.6 is 11.6 Å². The summed E-state index contributed by atoms with van der Waals surface area (Å²) < 4.78 is 0. The number of rotatable bonds is 2. The van der Waals surface area contributed by atoms with E-state index in [0.717, 1.165) is 23.1 Å². The van der Waals surface area contributed by atoms with Crippen molar-refractivity contribution in [2.24, 2.45) is 17.3 Å². The largest absolute Gasteiger partial charge is 0.126 e. The van der Waals surface area contributed by atoms with Gasteiger partial charge >= 0.3 is 0 Å². The fraction of sp³-hybridized carbons (Fsp3) is 1.00. The van der Waals surface area contributed by atoms with Crippen LogP contribution in [-0.2, 0) is 0 Å². The van der Waals surface area contributed by atoms with Crippen LogP contribution in [0.4, 0.5) is 0 Å². The smallest absolute Gasteiger partial charge is 0.0257 e. The molecule has 0 aromatic rings. The first kappa shape index (κ1) is 8.87. The normalized spacial score (nSPS) is 46.5. The second-order valence-electron chi connectivity index (χ2n) is 4.79. The Morgan fingerprint density at radius 1 is 1.42 bits per heavy atom. The molecular formula is C11H19Cl. The Labute approximate surface area is 80.7 Å². The van der Waals surface area contributed by atoms with Crippen molar-refractivity contribution in [2.75, 3.05) is 5.88 Å². The van der Waals surface area contributed by atoms with Crippen molar-refractivity contribution in [3.05, 3.63) is 0 Å². The Hall–Kier alpha value is 0.290. The molecule has 0 aromatic carbocycles. The van der Waals surface area contributed by atoms with E-state index < -0.39 is 0 Å². The minimum Gasteiger partial charge on any atom is -0.126 e. The van der Waals surface area contributed by atoms with Gasteiger partial charge in [0.15, 0.2) is 0 Å². The Morgan fingerprint density at radius 2 is 2.25 bits per heavy atom. The molecule has 2 saturated carbocycles. The Kier molecular flexibility index (Phi) is 2.37. The molecule has 0 heterocycles. The zero-order valence-corrected chi connectivity index (χ0v) is 8.74. The predicted octanol–water partition coefficient (Wildman–Crippen LogP) is 3.83. The summed E-state index contributed by atoms with van der Waals surface area (Å²) in [7, 11) is 0. The zero-order valence-electron chi connectivity index (χ0n) is 7.98. The molecular weight excluding hydrogens is 168 g/mol. The fourth-order valence-electron chi connectivity index (χ4n) is 3.08. The maximum absolute atomic E-state index is 5.91. The van der Waals surface area contributed by atoms with Crippen molar-refractivity contribution in [2.45, 2.75) is 45.4 Å². The van der Waals surface area contributed by atoms with Crippen LogP contribution in [0.15, 0.2) is 0 Å². The molecule has 3 unspecified atom stereocenters. The van der Waals surface area contributed by atoms with Gasteiger partial charge in [0.2, 0.25) is 0 Å². The number of alkyl halides is 1. The highest BCUT2D eigenvalue weighted by Gasteiger charge is 2.54. The maximum Gasteiger partial charge on any atom is 0.0257 e. The molecule has 0 radical (unpaired) electrons. The second kappa shape index (κ2) is 3.21. The molecule has 0 amide bonds. The van der Waals surface area contributed by atoms with E-state index in [9.17, 15) is 0 Å². The van der Waals surface area contributed by atoms with Crippen molar-refractivity contribution in [3.8, 4) is 0 Å².